The predicted octanol–water partition coefficient (Wildman–Crippen LogP) is 1.61. The van der Waals surface area contributed by atoms with E-state index < -0.39 is 0 Å². The highest BCUT2D eigenvalue weighted by Gasteiger charge is 2.31. The van der Waals surface area contributed by atoms with Gasteiger partial charge in [-0.05, 0) is 19.4 Å². The summed E-state index contributed by atoms with van der Waals surface area (Å²) in [6.45, 7) is 2.95. The lowest BCUT2D eigenvalue weighted by atomic mass is 10.2. The SMILES string of the molecule is Cc1nc(C2CCCN2CC(=O)Nc2nccs2)no1. The lowest BCUT2D eigenvalue weighted by Gasteiger charge is -2.20. The van der Waals surface area contributed by atoms with E-state index in [1.54, 1.807) is 13.1 Å². The number of carbonyl (C=O) groups is 1. The molecule has 3 heterocycles. The fourth-order valence-corrected chi connectivity index (χ4v) is 2.93. The molecule has 8 heteroatoms. The first-order chi connectivity index (χ1) is 9.72. The van der Waals surface area contributed by atoms with Crippen LogP contribution in [0.1, 0.15) is 30.6 Å². The zero-order valence-electron chi connectivity index (χ0n) is 11.1. The lowest BCUT2D eigenvalue weighted by Crippen LogP contribution is -2.33. The zero-order valence-corrected chi connectivity index (χ0v) is 11.9. The average Bonchev–Trinajstić information content (AvgIpc) is 3.11. The van der Waals surface area contributed by atoms with Crippen molar-refractivity contribution in [1.82, 2.24) is 20.0 Å². The second-order valence-electron chi connectivity index (χ2n) is 4.69. The fourth-order valence-electron chi connectivity index (χ4n) is 2.39. The van der Waals surface area contributed by atoms with Gasteiger partial charge in [-0.2, -0.15) is 4.98 Å². The monoisotopic (exact) mass is 293 g/mol. The van der Waals surface area contributed by atoms with Crippen LogP contribution in [0.25, 0.3) is 0 Å². The first-order valence-electron chi connectivity index (χ1n) is 6.46. The molecule has 2 aromatic rings. The van der Waals surface area contributed by atoms with Crippen LogP contribution in [0.3, 0.4) is 0 Å². The maximum Gasteiger partial charge on any atom is 0.240 e. The summed E-state index contributed by atoms with van der Waals surface area (Å²) in [6, 6.07) is 0.0643. The summed E-state index contributed by atoms with van der Waals surface area (Å²) in [7, 11) is 0. The van der Waals surface area contributed by atoms with Crippen molar-refractivity contribution in [2.45, 2.75) is 25.8 Å². The van der Waals surface area contributed by atoms with Crippen LogP contribution in [0, 0.1) is 6.92 Å². The van der Waals surface area contributed by atoms with Crippen LogP contribution in [0.15, 0.2) is 16.1 Å². The number of nitrogens with one attached hydrogen (secondary N) is 1. The molecule has 1 unspecified atom stereocenters. The third kappa shape index (κ3) is 2.86. The largest absolute Gasteiger partial charge is 0.340 e. The van der Waals surface area contributed by atoms with Crippen molar-refractivity contribution < 1.29 is 9.32 Å². The van der Waals surface area contributed by atoms with Gasteiger partial charge < -0.3 is 9.84 Å². The van der Waals surface area contributed by atoms with Gasteiger partial charge in [0.1, 0.15) is 0 Å². The average molecular weight is 293 g/mol. The molecule has 0 bridgehead atoms. The molecule has 1 saturated heterocycles. The van der Waals surface area contributed by atoms with Gasteiger partial charge in [0, 0.05) is 18.5 Å². The van der Waals surface area contributed by atoms with Crippen LogP contribution in [0.5, 0.6) is 0 Å². The molecule has 3 rings (SSSR count). The Balaban J connectivity index is 1.62. The summed E-state index contributed by atoms with van der Waals surface area (Å²) in [5.41, 5.74) is 0. The highest BCUT2D eigenvalue weighted by molar-refractivity contribution is 7.13. The van der Waals surface area contributed by atoms with Gasteiger partial charge in [-0.25, -0.2) is 4.98 Å². The number of aryl methyl sites for hydroxylation is 1. The molecular formula is C12H15N5O2S. The number of thiazole rings is 1. The fraction of sp³-hybridized carbons (Fsp3) is 0.500. The molecule has 1 atom stereocenters. The molecule has 0 saturated carbocycles. The molecule has 1 amide bonds. The number of aromatic nitrogens is 3. The van der Waals surface area contributed by atoms with Crippen molar-refractivity contribution in [3.63, 3.8) is 0 Å². The van der Waals surface area contributed by atoms with E-state index in [0.717, 1.165) is 19.4 Å². The van der Waals surface area contributed by atoms with Gasteiger partial charge in [0.15, 0.2) is 11.0 Å². The van der Waals surface area contributed by atoms with Crippen LogP contribution in [0.4, 0.5) is 5.13 Å². The molecule has 0 aromatic carbocycles. The summed E-state index contributed by atoms with van der Waals surface area (Å²) in [5.74, 6) is 1.16. The minimum absolute atomic E-state index is 0.0629. The summed E-state index contributed by atoms with van der Waals surface area (Å²) in [4.78, 5) is 22.4. The van der Waals surface area contributed by atoms with Crippen molar-refractivity contribution in [3.8, 4) is 0 Å². The number of amides is 1. The molecule has 106 valence electrons. The quantitative estimate of drug-likeness (QED) is 0.922. The molecule has 0 radical (unpaired) electrons. The molecule has 1 N–H and O–H groups in total. The van der Waals surface area contributed by atoms with Gasteiger partial charge in [0.25, 0.3) is 0 Å². The smallest absolute Gasteiger partial charge is 0.240 e. The maximum atomic E-state index is 12.0. The first-order valence-corrected chi connectivity index (χ1v) is 7.34. The van der Waals surface area contributed by atoms with Crippen LogP contribution in [-0.4, -0.2) is 39.0 Å². The van der Waals surface area contributed by atoms with Gasteiger partial charge in [-0.3, -0.25) is 9.69 Å². The van der Waals surface area contributed by atoms with Gasteiger partial charge >= 0.3 is 0 Å². The Morgan fingerprint density at radius 1 is 1.65 bits per heavy atom. The van der Waals surface area contributed by atoms with E-state index in [-0.39, 0.29) is 11.9 Å². The predicted molar refractivity (Wildman–Crippen MR) is 73.3 cm³/mol. The van der Waals surface area contributed by atoms with Gasteiger partial charge in [0.2, 0.25) is 11.8 Å². The maximum absolute atomic E-state index is 12.0. The Morgan fingerprint density at radius 3 is 3.25 bits per heavy atom. The number of nitrogens with zero attached hydrogens (tertiary/aromatic N) is 4. The van der Waals surface area contributed by atoms with Gasteiger partial charge in [0.05, 0.1) is 12.6 Å². The number of carbonyl (C=O) groups excluding carboxylic acids is 1. The molecule has 7 nitrogen and oxygen atoms in total. The molecular weight excluding hydrogens is 278 g/mol. The Morgan fingerprint density at radius 2 is 2.55 bits per heavy atom. The zero-order chi connectivity index (χ0) is 13.9. The van der Waals surface area contributed by atoms with Crippen molar-refractivity contribution in [1.29, 1.82) is 0 Å². The Labute approximate surface area is 120 Å². The Hall–Kier alpha value is -1.80. The van der Waals surface area contributed by atoms with E-state index in [9.17, 15) is 4.79 Å². The molecule has 20 heavy (non-hydrogen) atoms. The standard InChI is InChI=1S/C12H15N5O2S/c1-8-14-11(16-19-8)9-3-2-5-17(9)7-10(18)15-12-13-4-6-20-12/h4,6,9H,2-3,5,7H2,1H3,(H,13,15,18). The third-order valence-electron chi connectivity index (χ3n) is 3.23. The number of rotatable bonds is 4. The molecule has 2 aromatic heterocycles. The third-order valence-corrected chi connectivity index (χ3v) is 3.92. The van der Waals surface area contributed by atoms with Crippen molar-refractivity contribution in [2.24, 2.45) is 0 Å². The highest BCUT2D eigenvalue weighted by atomic mass is 32.1. The number of likely N-dealkylation sites (tertiary alicyclic amines) is 1. The minimum Gasteiger partial charge on any atom is -0.340 e. The molecule has 1 fully saturated rings. The van der Waals surface area contributed by atoms with E-state index in [4.69, 9.17) is 4.52 Å². The van der Waals surface area contributed by atoms with Crippen LogP contribution in [-0.2, 0) is 4.79 Å². The van der Waals surface area contributed by atoms with Crippen LogP contribution in [0.2, 0.25) is 0 Å². The number of anilines is 1. The Kier molecular flexibility index (Phi) is 3.75. The number of hydrogen-bond donors (Lipinski definition) is 1. The van der Waals surface area contributed by atoms with Crippen molar-refractivity contribution in [2.75, 3.05) is 18.4 Å². The molecule has 0 aliphatic carbocycles. The highest BCUT2D eigenvalue weighted by Crippen LogP contribution is 2.29. The van der Waals surface area contributed by atoms with E-state index >= 15 is 0 Å². The van der Waals surface area contributed by atoms with Crippen molar-refractivity contribution in [3.05, 3.63) is 23.3 Å². The van der Waals surface area contributed by atoms with E-state index in [0.29, 0.717) is 23.4 Å². The molecule has 1 aliphatic rings. The lowest BCUT2D eigenvalue weighted by molar-refractivity contribution is -0.117. The van der Waals surface area contributed by atoms with E-state index in [1.807, 2.05) is 5.38 Å². The topological polar surface area (TPSA) is 84.2 Å². The summed E-state index contributed by atoms with van der Waals surface area (Å²) < 4.78 is 5.02. The summed E-state index contributed by atoms with van der Waals surface area (Å²) in [5, 5.41) is 9.21. The van der Waals surface area contributed by atoms with Crippen LogP contribution >= 0.6 is 11.3 Å². The van der Waals surface area contributed by atoms with E-state index in [1.165, 1.54) is 11.3 Å². The first kappa shape index (κ1) is 13.2. The second kappa shape index (κ2) is 5.68. The molecule has 1 aliphatic heterocycles. The van der Waals surface area contributed by atoms with Gasteiger partial charge in [-0.1, -0.05) is 5.16 Å². The normalized spacial score (nSPS) is 19.4. The number of hydrogen-bond acceptors (Lipinski definition) is 7. The summed E-state index contributed by atoms with van der Waals surface area (Å²) in [6.07, 6.45) is 3.65. The second-order valence-corrected chi connectivity index (χ2v) is 5.58. The van der Waals surface area contributed by atoms with E-state index in [2.05, 4.69) is 25.3 Å². The van der Waals surface area contributed by atoms with Crippen molar-refractivity contribution >= 4 is 22.4 Å². The Bertz CT molecular complexity index is 582. The van der Waals surface area contributed by atoms with Crippen LogP contribution < -0.4 is 5.32 Å². The minimum atomic E-state index is -0.0629. The summed E-state index contributed by atoms with van der Waals surface area (Å²) >= 11 is 1.41. The van der Waals surface area contributed by atoms with Gasteiger partial charge in [-0.15, -0.1) is 11.3 Å². The molecule has 0 spiro atoms.